The van der Waals surface area contributed by atoms with Gasteiger partial charge in [-0.1, -0.05) is 55.0 Å². The molecule has 1 heterocycles. The van der Waals surface area contributed by atoms with Gasteiger partial charge in [0.2, 0.25) is 0 Å². The van der Waals surface area contributed by atoms with Crippen molar-refractivity contribution in [3.8, 4) is 0 Å². The van der Waals surface area contributed by atoms with Gasteiger partial charge >= 0.3 is 5.97 Å². The van der Waals surface area contributed by atoms with Crippen molar-refractivity contribution in [3.05, 3.63) is 59.4 Å². The summed E-state index contributed by atoms with van der Waals surface area (Å²) in [4.78, 5) is 11.4. The molecule has 0 bridgehead atoms. The van der Waals surface area contributed by atoms with Gasteiger partial charge in [0.15, 0.2) is 0 Å². The number of hydrogen-bond acceptors (Lipinski definition) is 3. The Hall–Kier alpha value is -1.74. The van der Waals surface area contributed by atoms with E-state index in [4.69, 9.17) is 21.1 Å². The molecule has 0 fully saturated rings. The molecule has 0 N–H and O–H groups in total. The van der Waals surface area contributed by atoms with Gasteiger partial charge in [0.25, 0.3) is 0 Å². The van der Waals surface area contributed by atoms with Crippen LogP contribution >= 0.6 is 11.6 Å². The molecule has 1 rings (SSSR count). The number of hydrogen-bond donors (Lipinski definition) is 0. The van der Waals surface area contributed by atoms with Crippen LogP contribution in [0.3, 0.4) is 0 Å². The normalized spacial score (nSPS) is 21.0. The number of allylic oxidation sites excluding steroid dienone is 7. The van der Waals surface area contributed by atoms with E-state index in [1.165, 1.54) is 6.08 Å². The fourth-order valence-corrected chi connectivity index (χ4v) is 2.13. The second-order valence-corrected chi connectivity index (χ2v) is 5.76. The second kappa shape index (κ2) is 10.9. The van der Waals surface area contributed by atoms with Crippen LogP contribution in [0, 0.1) is 5.92 Å². The van der Waals surface area contributed by atoms with Crippen LogP contribution in [0.1, 0.15) is 33.1 Å². The first-order chi connectivity index (χ1) is 11.0. The molecular weight excluding hydrogens is 312 g/mol. The molecule has 126 valence electrons. The lowest BCUT2D eigenvalue weighted by atomic mass is 10.1. The number of esters is 1. The molecule has 0 aromatic heterocycles. The largest absolute Gasteiger partial charge is 0.501 e. The lowest BCUT2D eigenvalue weighted by Gasteiger charge is -2.21. The Morgan fingerprint density at radius 2 is 2.26 bits per heavy atom. The molecule has 1 aliphatic heterocycles. The molecule has 0 spiro atoms. The van der Waals surface area contributed by atoms with Gasteiger partial charge < -0.3 is 9.47 Å². The van der Waals surface area contributed by atoms with Gasteiger partial charge in [0, 0.05) is 12.0 Å². The van der Waals surface area contributed by atoms with Gasteiger partial charge in [0.1, 0.15) is 11.9 Å². The zero-order valence-electron chi connectivity index (χ0n) is 14.0. The van der Waals surface area contributed by atoms with Gasteiger partial charge in [-0.25, -0.2) is 4.79 Å². The highest BCUT2D eigenvalue weighted by Crippen LogP contribution is 2.19. The Balaban J connectivity index is 2.29. The second-order valence-electron chi connectivity index (χ2n) is 5.54. The Morgan fingerprint density at radius 3 is 2.96 bits per heavy atom. The third-order valence-electron chi connectivity index (χ3n) is 3.40. The fraction of sp³-hybridized carbons (Fsp3) is 0.421. The van der Waals surface area contributed by atoms with Gasteiger partial charge in [0.05, 0.1) is 13.2 Å². The predicted molar refractivity (Wildman–Crippen MR) is 95.0 cm³/mol. The minimum absolute atomic E-state index is 0.0942. The fourth-order valence-electron chi connectivity index (χ4n) is 2.06. The Bertz CT molecular complexity index is 527. The molecule has 4 heteroatoms. The Kier molecular flexibility index (Phi) is 9.15. The van der Waals surface area contributed by atoms with E-state index in [1.54, 1.807) is 12.6 Å². The maximum absolute atomic E-state index is 11.4. The highest BCUT2D eigenvalue weighted by atomic mass is 35.5. The number of rotatable bonds is 8. The van der Waals surface area contributed by atoms with Crippen LogP contribution in [0.4, 0.5) is 0 Å². The highest BCUT2D eigenvalue weighted by molar-refractivity contribution is 6.25. The van der Waals surface area contributed by atoms with Crippen molar-refractivity contribution in [1.29, 1.82) is 0 Å². The zero-order chi connectivity index (χ0) is 17.1. The number of methoxy groups -OCH3 is 1. The van der Waals surface area contributed by atoms with Crippen LogP contribution < -0.4 is 0 Å². The van der Waals surface area contributed by atoms with Gasteiger partial charge in [-0.15, -0.1) is 0 Å². The lowest BCUT2D eigenvalue weighted by molar-refractivity contribution is -0.145. The van der Waals surface area contributed by atoms with Crippen molar-refractivity contribution in [2.75, 3.05) is 7.11 Å². The molecular formula is C19H25ClO3. The van der Waals surface area contributed by atoms with Crippen molar-refractivity contribution < 1.29 is 14.3 Å². The molecule has 0 aliphatic carbocycles. The van der Waals surface area contributed by atoms with Crippen molar-refractivity contribution >= 4 is 17.6 Å². The molecule has 0 aromatic rings. The SMILES string of the molecule is COC1=CC(=O)OC(CC/C=C/C=C\C(C)/C=C/C(C)=C/Cl)C1. The van der Waals surface area contributed by atoms with Crippen LogP contribution in [-0.4, -0.2) is 19.2 Å². The third-order valence-corrected chi connectivity index (χ3v) is 3.75. The lowest BCUT2D eigenvalue weighted by Crippen LogP contribution is -2.23. The van der Waals surface area contributed by atoms with E-state index < -0.39 is 0 Å². The molecule has 0 saturated heterocycles. The van der Waals surface area contributed by atoms with Crippen LogP contribution in [0.2, 0.25) is 0 Å². The molecule has 0 amide bonds. The van der Waals surface area contributed by atoms with E-state index >= 15 is 0 Å². The maximum Gasteiger partial charge on any atom is 0.334 e. The zero-order valence-corrected chi connectivity index (χ0v) is 14.8. The molecule has 23 heavy (non-hydrogen) atoms. The number of carbonyl (C=O) groups is 1. The van der Waals surface area contributed by atoms with Crippen molar-refractivity contribution in [3.63, 3.8) is 0 Å². The predicted octanol–water partition coefficient (Wildman–Crippen LogP) is 5.06. The van der Waals surface area contributed by atoms with Crippen LogP contribution in [0.15, 0.2) is 59.4 Å². The minimum atomic E-state index is -0.316. The first-order valence-corrected chi connectivity index (χ1v) is 8.22. The topological polar surface area (TPSA) is 35.5 Å². The van der Waals surface area contributed by atoms with E-state index in [1.807, 2.05) is 25.2 Å². The van der Waals surface area contributed by atoms with E-state index in [9.17, 15) is 4.79 Å². The molecule has 2 unspecified atom stereocenters. The first kappa shape index (κ1) is 19.3. The standard InChI is InChI=1S/C19H25ClO3/c1-15(10-11-16(2)14-20)8-6-4-5-7-9-17-12-18(22-3)13-19(21)23-17/h4-6,8,10-11,13-15,17H,7,9,12H2,1-3H3/b5-4+,8-6-,11-10+,16-14+. The van der Waals surface area contributed by atoms with Crippen molar-refractivity contribution in [1.82, 2.24) is 0 Å². The summed E-state index contributed by atoms with van der Waals surface area (Å²) in [5.41, 5.74) is 2.60. The average Bonchev–Trinajstić information content (AvgIpc) is 2.55. The Morgan fingerprint density at radius 1 is 1.48 bits per heavy atom. The smallest absolute Gasteiger partial charge is 0.334 e. The van der Waals surface area contributed by atoms with E-state index in [2.05, 4.69) is 25.2 Å². The summed E-state index contributed by atoms with van der Waals surface area (Å²) >= 11 is 5.60. The molecule has 1 aliphatic rings. The summed E-state index contributed by atoms with van der Waals surface area (Å²) < 4.78 is 10.4. The summed E-state index contributed by atoms with van der Waals surface area (Å²) in [6.45, 7) is 4.07. The first-order valence-electron chi connectivity index (χ1n) is 7.78. The van der Waals surface area contributed by atoms with E-state index in [0.29, 0.717) is 18.1 Å². The summed E-state index contributed by atoms with van der Waals surface area (Å²) in [6, 6.07) is 0. The molecule has 3 nitrogen and oxygen atoms in total. The average molecular weight is 337 g/mol. The summed E-state index contributed by atoms with van der Waals surface area (Å²) in [5.74, 6) is 0.723. The number of ether oxygens (including phenoxy) is 2. The number of cyclic esters (lactones) is 1. The minimum Gasteiger partial charge on any atom is -0.501 e. The maximum atomic E-state index is 11.4. The van der Waals surface area contributed by atoms with Crippen molar-refractivity contribution in [2.24, 2.45) is 5.92 Å². The van der Waals surface area contributed by atoms with Crippen LogP contribution in [-0.2, 0) is 14.3 Å². The summed E-state index contributed by atoms with van der Waals surface area (Å²) in [7, 11) is 1.58. The molecule has 0 saturated carbocycles. The highest BCUT2D eigenvalue weighted by Gasteiger charge is 2.21. The number of carbonyl (C=O) groups excluding carboxylic acids is 1. The monoisotopic (exact) mass is 336 g/mol. The number of halogens is 1. The summed E-state index contributed by atoms with van der Waals surface area (Å²) in [6.07, 6.45) is 16.0. The van der Waals surface area contributed by atoms with Crippen molar-refractivity contribution in [2.45, 2.75) is 39.2 Å². The molecule has 2 atom stereocenters. The van der Waals surface area contributed by atoms with Gasteiger partial charge in [-0.2, -0.15) is 0 Å². The van der Waals surface area contributed by atoms with Gasteiger partial charge in [-0.05, 0) is 31.3 Å². The Labute approximate surface area is 144 Å². The van der Waals surface area contributed by atoms with E-state index in [-0.39, 0.29) is 12.1 Å². The molecule has 0 aromatic carbocycles. The summed E-state index contributed by atoms with van der Waals surface area (Å²) in [5, 5.41) is 0. The van der Waals surface area contributed by atoms with Crippen LogP contribution in [0.25, 0.3) is 0 Å². The quantitative estimate of drug-likeness (QED) is 0.459. The van der Waals surface area contributed by atoms with Gasteiger partial charge in [-0.3, -0.25) is 0 Å². The third kappa shape index (κ3) is 8.46. The van der Waals surface area contributed by atoms with E-state index in [0.717, 1.165) is 18.4 Å². The molecule has 0 radical (unpaired) electrons. The van der Waals surface area contributed by atoms with Crippen LogP contribution in [0.5, 0.6) is 0 Å².